The third-order valence-electron chi connectivity index (χ3n) is 3.82. The number of fused-ring (bicyclic) bond motifs is 1. The molecule has 0 saturated heterocycles. The number of nitrogens with zero attached hydrogens (tertiary/aromatic N) is 1. The van der Waals surface area contributed by atoms with Gasteiger partial charge in [-0.2, -0.15) is 0 Å². The van der Waals surface area contributed by atoms with Crippen molar-refractivity contribution in [1.82, 2.24) is 4.90 Å². The fourth-order valence-corrected chi connectivity index (χ4v) is 2.73. The molecule has 1 unspecified atom stereocenters. The summed E-state index contributed by atoms with van der Waals surface area (Å²) in [6.45, 7) is 2.41. The number of Topliss-reactive ketones (excluding diaryl/α,β-unsaturated/α-hetero) is 1. The molecule has 0 spiro atoms. The van der Waals surface area contributed by atoms with E-state index in [4.69, 9.17) is 0 Å². The highest BCUT2D eigenvalue weighted by molar-refractivity contribution is 5.99. The molecular formula is C15H17NO2. The number of ketones is 1. The summed E-state index contributed by atoms with van der Waals surface area (Å²) in [4.78, 5) is 25.7. The number of benzene rings is 1. The number of amides is 1. The highest BCUT2D eigenvalue weighted by atomic mass is 16.2. The molecule has 0 radical (unpaired) electrons. The Morgan fingerprint density at radius 1 is 1.33 bits per heavy atom. The zero-order valence-corrected chi connectivity index (χ0v) is 10.6. The lowest BCUT2D eigenvalue weighted by atomic mass is 10.0. The Hall–Kier alpha value is -1.64. The van der Waals surface area contributed by atoms with Crippen LogP contribution in [0.5, 0.6) is 0 Å². The molecule has 18 heavy (non-hydrogen) atoms. The molecule has 1 aromatic rings. The zero-order valence-electron chi connectivity index (χ0n) is 10.6. The van der Waals surface area contributed by atoms with Crippen LogP contribution in [0.4, 0.5) is 0 Å². The fourth-order valence-electron chi connectivity index (χ4n) is 2.73. The topological polar surface area (TPSA) is 37.4 Å². The number of carbonyl (C=O) groups is 2. The van der Waals surface area contributed by atoms with Crippen molar-refractivity contribution in [2.75, 3.05) is 6.54 Å². The Morgan fingerprint density at radius 3 is 2.72 bits per heavy atom. The Morgan fingerprint density at radius 2 is 2.06 bits per heavy atom. The predicted molar refractivity (Wildman–Crippen MR) is 68.2 cm³/mol. The SMILES string of the molecule is CC(=O)CC1c2ccccc2C(=O)N1CC1CC1. The summed E-state index contributed by atoms with van der Waals surface area (Å²) in [7, 11) is 0. The van der Waals surface area contributed by atoms with E-state index in [9.17, 15) is 9.59 Å². The number of carbonyl (C=O) groups excluding carboxylic acids is 2. The third kappa shape index (κ3) is 1.94. The molecule has 1 fully saturated rings. The van der Waals surface area contributed by atoms with Crippen molar-refractivity contribution in [3.63, 3.8) is 0 Å². The maximum absolute atomic E-state index is 12.4. The third-order valence-corrected chi connectivity index (χ3v) is 3.82. The molecule has 1 saturated carbocycles. The van der Waals surface area contributed by atoms with Crippen LogP contribution in [-0.4, -0.2) is 23.1 Å². The first-order valence-corrected chi connectivity index (χ1v) is 6.56. The van der Waals surface area contributed by atoms with Gasteiger partial charge in [0.05, 0.1) is 6.04 Å². The molecule has 3 nitrogen and oxygen atoms in total. The Balaban J connectivity index is 1.93. The molecule has 0 bridgehead atoms. The minimum Gasteiger partial charge on any atom is -0.331 e. The standard InChI is InChI=1S/C15H17NO2/c1-10(17)8-14-12-4-2-3-5-13(12)15(18)16(14)9-11-6-7-11/h2-5,11,14H,6-9H2,1H3. The van der Waals surface area contributed by atoms with Gasteiger partial charge in [-0.3, -0.25) is 9.59 Å². The van der Waals surface area contributed by atoms with Gasteiger partial charge >= 0.3 is 0 Å². The van der Waals surface area contributed by atoms with Crippen LogP contribution in [-0.2, 0) is 4.79 Å². The van der Waals surface area contributed by atoms with Gasteiger partial charge in [0.15, 0.2) is 0 Å². The lowest BCUT2D eigenvalue weighted by Gasteiger charge is -2.24. The first-order valence-electron chi connectivity index (χ1n) is 6.56. The van der Waals surface area contributed by atoms with Crippen LogP contribution in [0.2, 0.25) is 0 Å². The summed E-state index contributed by atoms with van der Waals surface area (Å²) >= 11 is 0. The van der Waals surface area contributed by atoms with Gasteiger partial charge in [-0.15, -0.1) is 0 Å². The Bertz CT molecular complexity index is 505. The molecule has 1 atom stereocenters. The summed E-state index contributed by atoms with van der Waals surface area (Å²) in [5, 5.41) is 0. The smallest absolute Gasteiger partial charge is 0.254 e. The van der Waals surface area contributed by atoms with Crippen molar-refractivity contribution < 1.29 is 9.59 Å². The highest BCUT2D eigenvalue weighted by Gasteiger charge is 2.39. The molecule has 0 N–H and O–H groups in total. The Kier molecular flexibility index (Phi) is 2.69. The zero-order chi connectivity index (χ0) is 12.7. The maximum Gasteiger partial charge on any atom is 0.254 e. The van der Waals surface area contributed by atoms with Crippen molar-refractivity contribution in [1.29, 1.82) is 0 Å². The minimum atomic E-state index is -0.0354. The number of hydrogen-bond acceptors (Lipinski definition) is 2. The monoisotopic (exact) mass is 243 g/mol. The molecular weight excluding hydrogens is 226 g/mol. The van der Waals surface area contributed by atoms with Crippen molar-refractivity contribution >= 4 is 11.7 Å². The molecule has 1 heterocycles. The normalized spacial score (nSPS) is 22.2. The van der Waals surface area contributed by atoms with E-state index in [0.717, 1.165) is 17.7 Å². The van der Waals surface area contributed by atoms with Crippen LogP contribution in [0.25, 0.3) is 0 Å². The van der Waals surface area contributed by atoms with Gasteiger partial charge < -0.3 is 4.90 Å². The van der Waals surface area contributed by atoms with Crippen molar-refractivity contribution in [3.8, 4) is 0 Å². The van der Waals surface area contributed by atoms with Crippen LogP contribution in [0.15, 0.2) is 24.3 Å². The van der Waals surface area contributed by atoms with E-state index < -0.39 is 0 Å². The van der Waals surface area contributed by atoms with Crippen molar-refractivity contribution in [2.24, 2.45) is 5.92 Å². The minimum absolute atomic E-state index is 0.0354. The molecule has 1 aliphatic carbocycles. The molecule has 94 valence electrons. The lowest BCUT2D eigenvalue weighted by Crippen LogP contribution is -2.31. The van der Waals surface area contributed by atoms with Crippen LogP contribution < -0.4 is 0 Å². The van der Waals surface area contributed by atoms with Crippen molar-refractivity contribution in [2.45, 2.75) is 32.2 Å². The molecule has 0 aromatic heterocycles. The van der Waals surface area contributed by atoms with E-state index >= 15 is 0 Å². The van der Waals surface area contributed by atoms with E-state index in [-0.39, 0.29) is 17.7 Å². The van der Waals surface area contributed by atoms with Gasteiger partial charge in [-0.1, -0.05) is 18.2 Å². The maximum atomic E-state index is 12.4. The quantitative estimate of drug-likeness (QED) is 0.815. The molecule has 3 heteroatoms. The molecule has 3 rings (SSSR count). The van der Waals surface area contributed by atoms with E-state index in [1.807, 2.05) is 29.2 Å². The molecule has 2 aliphatic rings. The fraction of sp³-hybridized carbons (Fsp3) is 0.467. The van der Waals surface area contributed by atoms with Gasteiger partial charge in [0.1, 0.15) is 5.78 Å². The van der Waals surface area contributed by atoms with Gasteiger partial charge in [0.2, 0.25) is 0 Å². The van der Waals surface area contributed by atoms with E-state index in [1.54, 1.807) is 6.92 Å². The van der Waals surface area contributed by atoms with Crippen molar-refractivity contribution in [3.05, 3.63) is 35.4 Å². The molecule has 1 aromatic carbocycles. The largest absolute Gasteiger partial charge is 0.331 e. The van der Waals surface area contributed by atoms with E-state index in [1.165, 1.54) is 12.8 Å². The summed E-state index contributed by atoms with van der Waals surface area (Å²) < 4.78 is 0. The van der Waals surface area contributed by atoms with Gasteiger partial charge in [-0.25, -0.2) is 0 Å². The Labute approximate surface area is 107 Å². The second kappa shape index (κ2) is 4.23. The molecule has 1 aliphatic heterocycles. The predicted octanol–water partition coefficient (Wildman–Crippen LogP) is 2.57. The average Bonchev–Trinajstić information content (AvgIpc) is 3.12. The summed E-state index contributed by atoms with van der Waals surface area (Å²) in [5.41, 5.74) is 1.81. The summed E-state index contributed by atoms with van der Waals surface area (Å²) in [6.07, 6.45) is 2.87. The van der Waals surface area contributed by atoms with Gasteiger partial charge in [-0.05, 0) is 37.3 Å². The van der Waals surface area contributed by atoms with Gasteiger partial charge in [0, 0.05) is 18.5 Å². The average molecular weight is 243 g/mol. The van der Waals surface area contributed by atoms with E-state index in [0.29, 0.717) is 12.3 Å². The molecule has 1 amide bonds. The van der Waals surface area contributed by atoms with Crippen LogP contribution in [0.1, 0.15) is 48.1 Å². The summed E-state index contributed by atoms with van der Waals surface area (Å²) in [6, 6.07) is 7.65. The number of hydrogen-bond donors (Lipinski definition) is 0. The first kappa shape index (κ1) is 11.5. The summed E-state index contributed by atoms with van der Waals surface area (Å²) in [5.74, 6) is 0.895. The first-order chi connectivity index (χ1) is 8.66. The van der Waals surface area contributed by atoms with Crippen LogP contribution in [0.3, 0.4) is 0 Å². The second-order valence-electron chi connectivity index (χ2n) is 5.41. The van der Waals surface area contributed by atoms with Gasteiger partial charge in [0.25, 0.3) is 5.91 Å². The lowest BCUT2D eigenvalue weighted by molar-refractivity contribution is -0.118. The van der Waals surface area contributed by atoms with E-state index in [2.05, 4.69) is 0 Å². The number of rotatable bonds is 4. The van der Waals surface area contributed by atoms with Crippen LogP contribution >= 0.6 is 0 Å². The second-order valence-corrected chi connectivity index (χ2v) is 5.41. The van der Waals surface area contributed by atoms with Crippen LogP contribution in [0, 0.1) is 5.92 Å². The highest BCUT2D eigenvalue weighted by Crippen LogP contribution is 2.40.